The van der Waals surface area contributed by atoms with Crippen molar-refractivity contribution in [3.8, 4) is 0 Å². The van der Waals surface area contributed by atoms with E-state index in [9.17, 15) is 0 Å². The fourth-order valence-corrected chi connectivity index (χ4v) is 0. The third-order valence-electron chi connectivity index (χ3n) is 0. The Morgan fingerprint density at radius 3 is 1.00 bits per heavy atom. The molecule has 0 fully saturated rings. The predicted octanol–water partition coefficient (Wildman–Crippen LogP) is -3.05. The summed E-state index contributed by atoms with van der Waals surface area (Å²) in [7, 11) is 0. The van der Waals surface area contributed by atoms with Crippen LogP contribution in [0.25, 0.3) is 0 Å². The maximum absolute atomic E-state index is 8.89. The van der Waals surface area contributed by atoms with Crippen LogP contribution in [0.2, 0.25) is 0 Å². The van der Waals surface area contributed by atoms with Crippen molar-refractivity contribution in [1.29, 1.82) is 0 Å². The molecule has 0 aliphatic rings. The summed E-state index contributed by atoms with van der Waals surface area (Å²) in [6.45, 7) is 1.94. The van der Waals surface area contributed by atoms with Crippen molar-refractivity contribution in [2.45, 2.75) is 13.8 Å². The summed E-state index contributed by atoms with van der Waals surface area (Å²) in [5.41, 5.74) is 0. The molecule has 0 amide bonds. The quantitative estimate of drug-likeness (QED) is 0.453. The largest absolute Gasteiger partial charge is 3.00 e. The van der Waals surface area contributed by atoms with Crippen molar-refractivity contribution < 1.29 is 25.3 Å². The molecule has 0 saturated heterocycles. The maximum Gasteiger partial charge on any atom is 3.00 e. The van der Waals surface area contributed by atoms with Crippen molar-refractivity contribution in [2.24, 2.45) is 0 Å². The topological polar surface area (TPSA) is 110 Å². The third-order valence-corrected chi connectivity index (χ3v) is 0. The molecule has 0 heterocycles. The third kappa shape index (κ3) is 6740. The Labute approximate surface area is 77.1 Å². The first-order chi connectivity index (χ1) is 3.46. The predicted molar refractivity (Wildman–Crippen MR) is 29.1 cm³/mol. The Hall–Kier alpha value is -0.230. The zero-order valence-electron chi connectivity index (χ0n) is 5.66. The molecule has 5 nitrogen and oxygen atoms in total. The second-order valence-electron chi connectivity index (χ2n) is 0.983. The van der Waals surface area contributed by atoms with E-state index in [0.717, 1.165) is 13.8 Å². The van der Waals surface area contributed by atoms with Crippen LogP contribution in [0.3, 0.4) is 0 Å². The number of rotatable bonds is 0. The van der Waals surface area contributed by atoms with Gasteiger partial charge in [0.15, 0.2) is 0 Å². The van der Waals surface area contributed by atoms with Crippen LogP contribution in [0.5, 0.6) is 0 Å². The average molecular weight is 250 g/mol. The molecule has 0 rings (SSSR count). The summed E-state index contributed by atoms with van der Waals surface area (Å²) in [4.78, 5) is 17.8. The first-order valence-electron chi connectivity index (χ1n) is 1.82. The summed E-state index contributed by atoms with van der Waals surface area (Å²) >= 11 is 0. The SMILES string of the molecule is CC(=O)[O-].CC(=O)[O-].[In+3].[OH-]. The van der Waals surface area contributed by atoms with Crippen molar-refractivity contribution in [2.75, 3.05) is 0 Å². The number of carboxylic acid groups (broad SMARTS) is 2. The summed E-state index contributed by atoms with van der Waals surface area (Å²) in [6.07, 6.45) is 0. The molecular formula is C4H7InO5. The Kier molecular flexibility index (Phi) is 35.9. The van der Waals surface area contributed by atoms with Crippen LogP contribution in [0.15, 0.2) is 0 Å². The van der Waals surface area contributed by atoms with Crippen molar-refractivity contribution in [1.82, 2.24) is 0 Å². The van der Waals surface area contributed by atoms with Gasteiger partial charge in [-0.25, -0.2) is 0 Å². The van der Waals surface area contributed by atoms with Crippen molar-refractivity contribution in [3.05, 3.63) is 0 Å². The molecule has 0 unspecified atom stereocenters. The molecule has 0 atom stereocenters. The minimum absolute atomic E-state index is 0. The fraction of sp³-hybridized carbons (Fsp3) is 0.500. The Morgan fingerprint density at radius 1 is 1.00 bits per heavy atom. The maximum atomic E-state index is 8.89. The zero-order chi connectivity index (χ0) is 7.15. The van der Waals surface area contributed by atoms with Crippen LogP contribution < -0.4 is 10.2 Å². The van der Waals surface area contributed by atoms with E-state index in [1.54, 1.807) is 0 Å². The van der Waals surface area contributed by atoms with Gasteiger partial charge in [-0.15, -0.1) is 0 Å². The molecule has 0 aromatic carbocycles. The standard InChI is InChI=1S/2C2H4O2.In.H2O/c2*1-2(3)4;;/h2*1H3,(H,3,4);;1H2/q;;+3;/p-3. The Morgan fingerprint density at radius 2 is 1.00 bits per heavy atom. The Balaban J connectivity index is -0.0000000300. The molecule has 10 heavy (non-hydrogen) atoms. The number of hydrogen-bond donors (Lipinski definition) is 0. The van der Waals surface area contributed by atoms with Crippen LogP contribution in [0, 0.1) is 0 Å². The monoisotopic (exact) mass is 250 g/mol. The summed E-state index contributed by atoms with van der Waals surface area (Å²) in [6, 6.07) is 0. The second kappa shape index (κ2) is 15.9. The molecule has 0 radical (unpaired) electrons. The number of carboxylic acids is 2. The number of carbonyl (C=O) groups is 2. The van der Waals surface area contributed by atoms with Gasteiger partial charge in [0.1, 0.15) is 0 Å². The van der Waals surface area contributed by atoms with E-state index in [2.05, 4.69) is 0 Å². The molecule has 56 valence electrons. The molecule has 6 heteroatoms. The van der Waals surface area contributed by atoms with Gasteiger partial charge in [-0.1, -0.05) is 0 Å². The molecule has 0 aromatic rings. The van der Waals surface area contributed by atoms with Crippen LogP contribution >= 0.6 is 0 Å². The zero-order valence-corrected chi connectivity index (χ0v) is 8.95. The first kappa shape index (κ1) is 22.6. The van der Waals surface area contributed by atoms with Crippen molar-refractivity contribution in [3.63, 3.8) is 0 Å². The van der Waals surface area contributed by atoms with E-state index in [1.165, 1.54) is 0 Å². The Bertz CT molecular complexity index is 71.6. The van der Waals surface area contributed by atoms with E-state index in [0.29, 0.717) is 0 Å². The molecule has 0 aromatic heterocycles. The average Bonchev–Trinajstić information content (AvgIpc) is 1.25. The summed E-state index contributed by atoms with van der Waals surface area (Å²) in [5.74, 6) is -2.17. The minimum Gasteiger partial charge on any atom is -0.870 e. The molecule has 0 bridgehead atoms. The molecule has 0 aliphatic carbocycles. The van der Waals surface area contributed by atoms with Gasteiger partial charge in [0.2, 0.25) is 0 Å². The number of aliphatic carboxylic acids is 2. The van der Waals surface area contributed by atoms with Crippen LogP contribution in [-0.2, 0) is 9.59 Å². The van der Waals surface area contributed by atoms with Gasteiger partial charge >= 0.3 is 25.8 Å². The summed E-state index contributed by atoms with van der Waals surface area (Å²) in [5, 5.41) is 17.8. The van der Waals surface area contributed by atoms with E-state index in [4.69, 9.17) is 19.8 Å². The number of hydrogen-bond acceptors (Lipinski definition) is 5. The number of carbonyl (C=O) groups excluding carboxylic acids is 2. The first-order valence-corrected chi connectivity index (χ1v) is 1.82. The van der Waals surface area contributed by atoms with E-state index in [1.807, 2.05) is 0 Å². The fourth-order valence-electron chi connectivity index (χ4n) is 0. The second-order valence-corrected chi connectivity index (χ2v) is 0.983. The van der Waals surface area contributed by atoms with Gasteiger partial charge in [0, 0.05) is 11.9 Å². The van der Waals surface area contributed by atoms with E-state index in [-0.39, 0.29) is 31.3 Å². The van der Waals surface area contributed by atoms with Gasteiger partial charge in [0.05, 0.1) is 0 Å². The normalized spacial score (nSPS) is 5.00. The molecule has 1 N–H and O–H groups in total. The molecule has 0 spiro atoms. The molecule has 0 saturated carbocycles. The molecular weight excluding hydrogens is 243 g/mol. The van der Waals surface area contributed by atoms with Crippen LogP contribution in [0.4, 0.5) is 0 Å². The van der Waals surface area contributed by atoms with Crippen LogP contribution in [-0.4, -0.2) is 43.3 Å². The van der Waals surface area contributed by atoms with Gasteiger partial charge in [-0.2, -0.15) is 0 Å². The van der Waals surface area contributed by atoms with Gasteiger partial charge < -0.3 is 25.3 Å². The van der Waals surface area contributed by atoms with E-state index < -0.39 is 11.9 Å². The molecule has 0 aliphatic heterocycles. The summed E-state index contributed by atoms with van der Waals surface area (Å²) < 4.78 is 0. The smallest absolute Gasteiger partial charge is 0.870 e. The van der Waals surface area contributed by atoms with Gasteiger partial charge in [0.25, 0.3) is 0 Å². The minimum atomic E-state index is -1.08. The van der Waals surface area contributed by atoms with Gasteiger partial charge in [-0.3, -0.25) is 0 Å². The van der Waals surface area contributed by atoms with Gasteiger partial charge in [-0.05, 0) is 13.8 Å². The van der Waals surface area contributed by atoms with Crippen molar-refractivity contribution >= 4 is 37.8 Å². The van der Waals surface area contributed by atoms with Crippen LogP contribution in [0.1, 0.15) is 13.8 Å². The van der Waals surface area contributed by atoms with E-state index >= 15 is 0 Å².